The van der Waals surface area contributed by atoms with Crippen molar-refractivity contribution in [2.45, 2.75) is 0 Å². The molecule has 0 amide bonds. The minimum atomic E-state index is -0.484. The molecule has 2 rings (SSSR count). The van der Waals surface area contributed by atoms with Crippen molar-refractivity contribution in [3.63, 3.8) is 0 Å². The molecule has 0 atom stereocenters. The van der Waals surface area contributed by atoms with Gasteiger partial charge in [-0.3, -0.25) is 0 Å². The first-order chi connectivity index (χ1) is 7.61. The lowest BCUT2D eigenvalue weighted by Crippen LogP contribution is -1.91. The molecule has 84 valence electrons. The summed E-state index contributed by atoms with van der Waals surface area (Å²) in [7, 11) is 1.44. The fraction of sp³-hybridized carbons (Fsp3) is 0.100. The zero-order chi connectivity index (χ0) is 11.7. The number of nitrogens with zero attached hydrogens (tertiary/aromatic N) is 1. The number of rotatable bonds is 2. The van der Waals surface area contributed by atoms with Gasteiger partial charge in [0.05, 0.1) is 17.7 Å². The van der Waals surface area contributed by atoms with Gasteiger partial charge in [0.15, 0.2) is 0 Å². The van der Waals surface area contributed by atoms with E-state index in [1.54, 1.807) is 0 Å². The number of halogens is 2. The fourth-order valence-corrected chi connectivity index (χ4v) is 1.66. The van der Waals surface area contributed by atoms with Crippen LogP contribution >= 0.6 is 11.6 Å². The molecule has 2 aromatic rings. The lowest BCUT2D eigenvalue weighted by atomic mass is 10.1. The van der Waals surface area contributed by atoms with E-state index in [0.717, 1.165) is 6.07 Å². The molecule has 0 saturated heterocycles. The van der Waals surface area contributed by atoms with Gasteiger partial charge >= 0.3 is 0 Å². The summed E-state index contributed by atoms with van der Waals surface area (Å²) in [5.41, 5.74) is 6.15. The van der Waals surface area contributed by atoms with Gasteiger partial charge in [-0.1, -0.05) is 16.8 Å². The van der Waals surface area contributed by atoms with Gasteiger partial charge < -0.3 is 15.0 Å². The molecule has 1 heterocycles. The summed E-state index contributed by atoms with van der Waals surface area (Å²) >= 11 is 5.84. The Bertz CT molecular complexity index is 528. The number of benzene rings is 1. The van der Waals surface area contributed by atoms with Crippen LogP contribution in [0.3, 0.4) is 0 Å². The molecule has 4 nitrogen and oxygen atoms in total. The monoisotopic (exact) mass is 242 g/mol. The zero-order valence-electron chi connectivity index (χ0n) is 8.33. The van der Waals surface area contributed by atoms with E-state index in [9.17, 15) is 4.39 Å². The Morgan fingerprint density at radius 1 is 1.44 bits per heavy atom. The van der Waals surface area contributed by atoms with Gasteiger partial charge in [-0.25, -0.2) is 4.39 Å². The lowest BCUT2D eigenvalue weighted by Gasteiger charge is -2.07. The van der Waals surface area contributed by atoms with Crippen LogP contribution in [0.1, 0.15) is 0 Å². The highest BCUT2D eigenvalue weighted by molar-refractivity contribution is 6.32. The summed E-state index contributed by atoms with van der Waals surface area (Å²) in [6.07, 6.45) is 0. The molecule has 0 aliphatic heterocycles. The molecular weight excluding hydrogens is 235 g/mol. The Kier molecular flexibility index (Phi) is 2.70. The molecule has 0 spiro atoms. The van der Waals surface area contributed by atoms with Crippen LogP contribution in [0.5, 0.6) is 5.75 Å². The van der Waals surface area contributed by atoms with E-state index >= 15 is 0 Å². The van der Waals surface area contributed by atoms with Gasteiger partial charge in [0.1, 0.15) is 17.3 Å². The molecule has 1 aromatic heterocycles. The van der Waals surface area contributed by atoms with Crippen molar-refractivity contribution in [2.75, 3.05) is 12.8 Å². The van der Waals surface area contributed by atoms with Gasteiger partial charge in [0.25, 0.3) is 0 Å². The summed E-state index contributed by atoms with van der Waals surface area (Å²) < 4.78 is 23.0. The topological polar surface area (TPSA) is 61.3 Å². The van der Waals surface area contributed by atoms with Crippen LogP contribution in [0, 0.1) is 5.82 Å². The van der Waals surface area contributed by atoms with Crippen LogP contribution in [0.15, 0.2) is 22.7 Å². The molecule has 0 radical (unpaired) electrons. The van der Waals surface area contributed by atoms with E-state index < -0.39 is 5.82 Å². The van der Waals surface area contributed by atoms with Crippen LogP contribution in [-0.2, 0) is 0 Å². The zero-order valence-corrected chi connectivity index (χ0v) is 9.08. The Hall–Kier alpha value is -1.75. The normalized spacial score (nSPS) is 10.4. The highest BCUT2D eigenvalue weighted by atomic mass is 35.5. The first-order valence-electron chi connectivity index (χ1n) is 4.37. The maximum atomic E-state index is 13.2. The van der Waals surface area contributed by atoms with Crippen LogP contribution in [-0.4, -0.2) is 12.3 Å². The van der Waals surface area contributed by atoms with Crippen molar-refractivity contribution in [3.05, 3.63) is 29.0 Å². The molecule has 1 aromatic carbocycles. The third-order valence-electron chi connectivity index (χ3n) is 2.02. The van der Waals surface area contributed by atoms with Gasteiger partial charge in [-0.15, -0.1) is 0 Å². The van der Waals surface area contributed by atoms with E-state index in [-0.39, 0.29) is 10.9 Å². The predicted octanol–water partition coefficient (Wildman–Crippen LogP) is 2.72. The van der Waals surface area contributed by atoms with Crippen molar-refractivity contribution in [1.82, 2.24) is 5.16 Å². The predicted molar refractivity (Wildman–Crippen MR) is 57.9 cm³/mol. The molecule has 6 heteroatoms. The van der Waals surface area contributed by atoms with Crippen LogP contribution in [0.2, 0.25) is 5.02 Å². The van der Waals surface area contributed by atoms with Crippen LogP contribution in [0.4, 0.5) is 10.3 Å². The summed E-state index contributed by atoms with van der Waals surface area (Å²) in [5.74, 6) is -0.0174. The maximum Gasteiger partial charge on any atom is 0.222 e. The number of nitrogens with two attached hydrogens (primary N) is 1. The molecule has 0 fully saturated rings. The van der Waals surface area contributed by atoms with E-state index in [4.69, 9.17) is 26.6 Å². The number of anilines is 1. The van der Waals surface area contributed by atoms with Crippen molar-refractivity contribution in [3.8, 4) is 17.0 Å². The van der Waals surface area contributed by atoms with Gasteiger partial charge in [0, 0.05) is 6.07 Å². The summed E-state index contributed by atoms with van der Waals surface area (Å²) in [6.45, 7) is 0. The standard InChI is InChI=1S/C10H8ClFN2O2/c1-15-10-6(2-5(12)3-7(10)11)8-4-9(13)16-14-8/h2-4H,13H2,1H3. The number of nitrogen functional groups attached to an aromatic ring is 1. The number of ether oxygens (including phenoxy) is 1. The van der Waals surface area contributed by atoms with Crippen molar-refractivity contribution in [1.29, 1.82) is 0 Å². The number of methoxy groups -OCH3 is 1. The van der Waals surface area contributed by atoms with Crippen LogP contribution in [0.25, 0.3) is 11.3 Å². The van der Waals surface area contributed by atoms with E-state index in [1.165, 1.54) is 19.2 Å². The minimum Gasteiger partial charge on any atom is -0.494 e. The lowest BCUT2D eigenvalue weighted by molar-refractivity contribution is 0.413. The molecule has 0 aliphatic carbocycles. The minimum absolute atomic E-state index is 0.137. The Morgan fingerprint density at radius 3 is 2.75 bits per heavy atom. The van der Waals surface area contributed by atoms with E-state index in [1.807, 2.05) is 0 Å². The summed E-state index contributed by atoms with van der Waals surface area (Å²) in [5, 5.41) is 3.84. The first kappa shape index (κ1) is 10.8. The molecule has 0 aliphatic rings. The number of hydrogen-bond donors (Lipinski definition) is 1. The third-order valence-corrected chi connectivity index (χ3v) is 2.30. The molecule has 0 unspecified atom stereocenters. The van der Waals surface area contributed by atoms with E-state index in [0.29, 0.717) is 17.0 Å². The number of hydrogen-bond acceptors (Lipinski definition) is 4. The van der Waals surface area contributed by atoms with Gasteiger partial charge in [0.2, 0.25) is 5.88 Å². The summed E-state index contributed by atoms with van der Waals surface area (Å²) in [6, 6.07) is 3.88. The average Bonchev–Trinajstić information content (AvgIpc) is 2.63. The van der Waals surface area contributed by atoms with Crippen molar-refractivity contribution < 1.29 is 13.7 Å². The third kappa shape index (κ3) is 1.81. The quantitative estimate of drug-likeness (QED) is 0.880. The second-order valence-electron chi connectivity index (χ2n) is 3.08. The Labute approximate surface area is 95.7 Å². The van der Waals surface area contributed by atoms with E-state index in [2.05, 4.69) is 5.16 Å². The van der Waals surface area contributed by atoms with Gasteiger partial charge in [-0.2, -0.15) is 0 Å². The second kappa shape index (κ2) is 4.02. The SMILES string of the molecule is COc1c(Cl)cc(F)cc1-c1cc(N)on1. The highest BCUT2D eigenvalue weighted by Gasteiger charge is 2.15. The van der Waals surface area contributed by atoms with Gasteiger partial charge in [-0.05, 0) is 12.1 Å². The second-order valence-corrected chi connectivity index (χ2v) is 3.49. The van der Waals surface area contributed by atoms with Crippen LogP contribution < -0.4 is 10.5 Å². The average molecular weight is 243 g/mol. The fourth-order valence-electron chi connectivity index (χ4n) is 1.37. The Balaban J connectivity index is 2.63. The smallest absolute Gasteiger partial charge is 0.222 e. The Morgan fingerprint density at radius 2 is 2.19 bits per heavy atom. The summed E-state index contributed by atoms with van der Waals surface area (Å²) in [4.78, 5) is 0. The highest BCUT2D eigenvalue weighted by Crippen LogP contribution is 2.36. The molecule has 16 heavy (non-hydrogen) atoms. The molecular formula is C10H8ClFN2O2. The molecule has 2 N–H and O–H groups in total. The van der Waals surface area contributed by atoms with Crippen molar-refractivity contribution in [2.24, 2.45) is 0 Å². The van der Waals surface area contributed by atoms with Crippen molar-refractivity contribution >= 4 is 17.5 Å². The molecule has 0 bridgehead atoms. The maximum absolute atomic E-state index is 13.2. The first-order valence-corrected chi connectivity index (χ1v) is 4.75. The molecule has 0 saturated carbocycles. The largest absolute Gasteiger partial charge is 0.494 e. The number of aromatic nitrogens is 1.